The molecule has 6 N–H and O–H groups in total. The highest BCUT2D eigenvalue weighted by molar-refractivity contribution is 5.80. The molecule has 0 aromatic rings. The zero-order chi connectivity index (χ0) is 7.44. The SMILES string of the molecule is NC(=O)[C@H](N)[C@H](O)CO. The highest BCUT2D eigenvalue weighted by Crippen LogP contribution is 1.85. The van der Waals surface area contributed by atoms with Crippen LogP contribution in [0.4, 0.5) is 0 Å². The van der Waals surface area contributed by atoms with Gasteiger partial charge in [0.1, 0.15) is 12.1 Å². The number of hydrogen-bond donors (Lipinski definition) is 4. The van der Waals surface area contributed by atoms with Gasteiger partial charge in [0.2, 0.25) is 5.91 Å². The van der Waals surface area contributed by atoms with E-state index in [1.165, 1.54) is 0 Å². The van der Waals surface area contributed by atoms with Crippen LogP contribution in [0.3, 0.4) is 0 Å². The van der Waals surface area contributed by atoms with E-state index in [-0.39, 0.29) is 0 Å². The summed E-state index contributed by atoms with van der Waals surface area (Å²) >= 11 is 0. The van der Waals surface area contributed by atoms with Crippen LogP contribution < -0.4 is 11.5 Å². The first kappa shape index (κ1) is 8.35. The molecule has 0 heterocycles. The normalized spacial score (nSPS) is 16.8. The third-order valence-electron chi connectivity index (χ3n) is 0.930. The summed E-state index contributed by atoms with van der Waals surface area (Å²) in [5.74, 6) is -0.823. The molecular weight excluding hydrogens is 124 g/mol. The van der Waals surface area contributed by atoms with E-state index in [9.17, 15) is 4.79 Å². The standard InChI is InChI=1S/C4H10N2O3/c5-3(4(6)9)2(8)1-7/h2-3,7-8H,1,5H2,(H2,6,9)/t2-,3-/m1/s1. The molecule has 0 saturated carbocycles. The number of rotatable bonds is 3. The van der Waals surface area contributed by atoms with Gasteiger partial charge in [-0.25, -0.2) is 0 Å². The fourth-order valence-electron chi connectivity index (χ4n) is 0.303. The van der Waals surface area contributed by atoms with Gasteiger partial charge in [-0.2, -0.15) is 0 Å². The number of primary amides is 1. The lowest BCUT2D eigenvalue weighted by atomic mass is 10.2. The third-order valence-corrected chi connectivity index (χ3v) is 0.930. The summed E-state index contributed by atoms with van der Waals surface area (Å²) in [5.41, 5.74) is 9.66. The van der Waals surface area contributed by atoms with Gasteiger partial charge in [0.25, 0.3) is 0 Å². The molecular formula is C4H10N2O3. The smallest absolute Gasteiger partial charge is 0.237 e. The number of hydrogen-bond acceptors (Lipinski definition) is 4. The van der Waals surface area contributed by atoms with Crippen molar-refractivity contribution in [2.45, 2.75) is 12.1 Å². The first-order valence-corrected chi connectivity index (χ1v) is 2.43. The Bertz CT molecular complexity index is 106. The van der Waals surface area contributed by atoms with Crippen LogP contribution in [0, 0.1) is 0 Å². The van der Waals surface area contributed by atoms with Gasteiger partial charge < -0.3 is 21.7 Å². The zero-order valence-corrected chi connectivity index (χ0v) is 4.82. The van der Waals surface area contributed by atoms with Crippen molar-refractivity contribution in [1.82, 2.24) is 0 Å². The second kappa shape index (κ2) is 3.39. The van der Waals surface area contributed by atoms with E-state index in [1.807, 2.05) is 0 Å². The molecule has 0 aliphatic carbocycles. The van der Waals surface area contributed by atoms with Crippen LogP contribution in [0.1, 0.15) is 0 Å². The van der Waals surface area contributed by atoms with Gasteiger partial charge in [0, 0.05) is 0 Å². The monoisotopic (exact) mass is 134 g/mol. The second-order valence-electron chi connectivity index (χ2n) is 1.68. The molecule has 1 amide bonds. The lowest BCUT2D eigenvalue weighted by molar-refractivity contribution is -0.122. The Morgan fingerprint density at radius 2 is 2.11 bits per heavy atom. The summed E-state index contributed by atoms with van der Waals surface area (Å²) < 4.78 is 0. The summed E-state index contributed by atoms with van der Waals surface area (Å²) in [5, 5.41) is 16.8. The molecule has 0 aromatic carbocycles. The van der Waals surface area contributed by atoms with E-state index in [1.54, 1.807) is 0 Å². The number of aliphatic hydroxyl groups excluding tert-OH is 2. The van der Waals surface area contributed by atoms with Crippen molar-refractivity contribution in [3.8, 4) is 0 Å². The minimum atomic E-state index is -1.25. The Hall–Kier alpha value is -0.650. The highest BCUT2D eigenvalue weighted by Gasteiger charge is 2.18. The van der Waals surface area contributed by atoms with Crippen molar-refractivity contribution >= 4 is 5.91 Å². The number of carbonyl (C=O) groups is 1. The molecule has 0 spiro atoms. The fourth-order valence-corrected chi connectivity index (χ4v) is 0.303. The molecule has 0 aromatic heterocycles. The Kier molecular flexibility index (Phi) is 3.15. The molecule has 54 valence electrons. The maximum absolute atomic E-state index is 10.1. The number of nitrogens with two attached hydrogens (primary N) is 2. The van der Waals surface area contributed by atoms with Crippen LogP contribution in [0.15, 0.2) is 0 Å². The summed E-state index contributed by atoms with van der Waals surface area (Å²) in [6, 6.07) is -1.17. The van der Waals surface area contributed by atoms with E-state index in [4.69, 9.17) is 15.9 Å². The first-order valence-electron chi connectivity index (χ1n) is 2.43. The van der Waals surface area contributed by atoms with Crippen molar-refractivity contribution in [3.63, 3.8) is 0 Å². The average molecular weight is 134 g/mol. The van der Waals surface area contributed by atoms with E-state index < -0.39 is 24.7 Å². The van der Waals surface area contributed by atoms with Crippen molar-refractivity contribution in [1.29, 1.82) is 0 Å². The molecule has 0 saturated heterocycles. The van der Waals surface area contributed by atoms with E-state index in [0.717, 1.165) is 0 Å². The van der Waals surface area contributed by atoms with E-state index in [2.05, 4.69) is 5.73 Å². The number of aliphatic hydroxyl groups is 2. The molecule has 0 aliphatic rings. The number of carbonyl (C=O) groups excluding carboxylic acids is 1. The van der Waals surface area contributed by atoms with Crippen LogP contribution in [0.2, 0.25) is 0 Å². The molecule has 9 heavy (non-hydrogen) atoms. The molecule has 0 unspecified atom stereocenters. The van der Waals surface area contributed by atoms with Crippen molar-refractivity contribution in [3.05, 3.63) is 0 Å². The number of amides is 1. The van der Waals surface area contributed by atoms with E-state index in [0.29, 0.717) is 0 Å². The topological polar surface area (TPSA) is 110 Å². The fraction of sp³-hybridized carbons (Fsp3) is 0.750. The maximum Gasteiger partial charge on any atom is 0.237 e. The van der Waals surface area contributed by atoms with Gasteiger partial charge in [-0.3, -0.25) is 4.79 Å². The van der Waals surface area contributed by atoms with Gasteiger partial charge in [0.05, 0.1) is 6.61 Å². The Labute approximate surface area is 52.3 Å². The van der Waals surface area contributed by atoms with Gasteiger partial charge in [0.15, 0.2) is 0 Å². The van der Waals surface area contributed by atoms with Crippen LogP contribution >= 0.6 is 0 Å². The van der Waals surface area contributed by atoms with Crippen LogP contribution in [0.25, 0.3) is 0 Å². The molecule has 0 rings (SSSR count). The molecule has 0 bridgehead atoms. The summed E-state index contributed by atoms with van der Waals surface area (Å²) in [6.07, 6.45) is -1.25. The van der Waals surface area contributed by atoms with Crippen LogP contribution in [0.5, 0.6) is 0 Å². The molecule has 0 radical (unpaired) electrons. The third kappa shape index (κ3) is 2.41. The second-order valence-corrected chi connectivity index (χ2v) is 1.68. The lowest BCUT2D eigenvalue weighted by Gasteiger charge is -2.11. The molecule has 5 nitrogen and oxygen atoms in total. The molecule has 0 fully saturated rings. The summed E-state index contributed by atoms with van der Waals surface area (Å²) in [6.45, 7) is -0.551. The summed E-state index contributed by atoms with van der Waals surface area (Å²) in [7, 11) is 0. The first-order chi connectivity index (χ1) is 4.09. The Balaban J connectivity index is 3.72. The largest absolute Gasteiger partial charge is 0.394 e. The minimum absolute atomic E-state index is 0.551. The van der Waals surface area contributed by atoms with Gasteiger partial charge >= 0.3 is 0 Å². The van der Waals surface area contributed by atoms with Gasteiger partial charge in [-0.05, 0) is 0 Å². The van der Waals surface area contributed by atoms with Crippen LogP contribution in [-0.4, -0.2) is 34.9 Å². The Morgan fingerprint density at radius 3 is 2.22 bits per heavy atom. The quantitative estimate of drug-likeness (QED) is 0.333. The predicted octanol–water partition coefficient (Wildman–Crippen LogP) is -2.85. The Morgan fingerprint density at radius 1 is 1.67 bits per heavy atom. The molecule has 2 atom stereocenters. The molecule has 5 heteroatoms. The van der Waals surface area contributed by atoms with E-state index >= 15 is 0 Å². The average Bonchev–Trinajstić information content (AvgIpc) is 1.84. The summed E-state index contributed by atoms with van der Waals surface area (Å²) in [4.78, 5) is 10.1. The van der Waals surface area contributed by atoms with Gasteiger partial charge in [-0.1, -0.05) is 0 Å². The van der Waals surface area contributed by atoms with Crippen LogP contribution in [-0.2, 0) is 4.79 Å². The van der Waals surface area contributed by atoms with Gasteiger partial charge in [-0.15, -0.1) is 0 Å². The minimum Gasteiger partial charge on any atom is -0.394 e. The highest BCUT2D eigenvalue weighted by atomic mass is 16.3. The van der Waals surface area contributed by atoms with Crippen molar-refractivity contribution in [2.75, 3.05) is 6.61 Å². The van der Waals surface area contributed by atoms with Crippen molar-refractivity contribution in [2.24, 2.45) is 11.5 Å². The lowest BCUT2D eigenvalue weighted by Crippen LogP contribution is -2.47. The maximum atomic E-state index is 10.1. The predicted molar refractivity (Wildman–Crippen MR) is 30.3 cm³/mol. The van der Waals surface area contributed by atoms with Crippen molar-refractivity contribution < 1.29 is 15.0 Å². The molecule has 0 aliphatic heterocycles. The zero-order valence-electron chi connectivity index (χ0n) is 4.82.